The predicted octanol–water partition coefficient (Wildman–Crippen LogP) is 2.33. The third-order valence-corrected chi connectivity index (χ3v) is 3.86. The highest BCUT2D eigenvalue weighted by atomic mass is 15.3. The summed E-state index contributed by atoms with van der Waals surface area (Å²) in [7, 11) is 0. The maximum absolute atomic E-state index is 5.97. The summed E-state index contributed by atoms with van der Waals surface area (Å²) in [6.45, 7) is 11.7. The van der Waals surface area contributed by atoms with Crippen molar-refractivity contribution in [1.29, 1.82) is 0 Å². The molecule has 0 bridgehead atoms. The Morgan fingerprint density at radius 3 is 2.78 bits per heavy atom. The first-order valence-corrected chi connectivity index (χ1v) is 6.25. The van der Waals surface area contributed by atoms with Crippen LogP contribution >= 0.6 is 0 Å². The number of nitrogens with two attached hydrogens (primary N) is 1. The van der Waals surface area contributed by atoms with Gasteiger partial charge in [0.1, 0.15) is 0 Å². The molecule has 1 aliphatic rings. The highest BCUT2D eigenvalue weighted by Crippen LogP contribution is 2.33. The van der Waals surface area contributed by atoms with Crippen molar-refractivity contribution in [3.63, 3.8) is 0 Å². The highest BCUT2D eigenvalue weighted by molar-refractivity contribution is 5.81. The zero-order valence-corrected chi connectivity index (χ0v) is 11.4. The van der Waals surface area contributed by atoms with E-state index in [0.717, 1.165) is 6.54 Å². The van der Waals surface area contributed by atoms with E-state index in [4.69, 9.17) is 5.73 Å². The van der Waals surface area contributed by atoms with Gasteiger partial charge in [0.2, 0.25) is 0 Å². The molecule has 0 aromatic heterocycles. The number of hydrogen-bond acceptors (Lipinski definition) is 3. The first kappa shape index (κ1) is 12.7. The second-order valence-electron chi connectivity index (χ2n) is 5.15. The molecule has 18 heavy (non-hydrogen) atoms. The van der Waals surface area contributed by atoms with Gasteiger partial charge < -0.3 is 10.6 Å². The SMILES string of the molecule is C=CCN1C(N)=NCC1(C)c1ccc(C)c(C)c1. The molecular formula is C15H21N3. The van der Waals surface area contributed by atoms with Crippen LogP contribution in [-0.4, -0.2) is 23.9 Å². The van der Waals surface area contributed by atoms with Crippen LogP contribution in [0.25, 0.3) is 0 Å². The van der Waals surface area contributed by atoms with Gasteiger partial charge in [-0.3, -0.25) is 4.99 Å². The fourth-order valence-corrected chi connectivity index (χ4v) is 2.41. The van der Waals surface area contributed by atoms with Crippen LogP contribution in [0.1, 0.15) is 23.6 Å². The second-order valence-corrected chi connectivity index (χ2v) is 5.15. The summed E-state index contributed by atoms with van der Waals surface area (Å²) in [4.78, 5) is 6.51. The summed E-state index contributed by atoms with van der Waals surface area (Å²) in [6, 6.07) is 6.57. The fourth-order valence-electron chi connectivity index (χ4n) is 2.41. The van der Waals surface area contributed by atoms with Gasteiger partial charge in [-0.15, -0.1) is 6.58 Å². The van der Waals surface area contributed by atoms with Gasteiger partial charge in [0.25, 0.3) is 0 Å². The van der Waals surface area contributed by atoms with Crippen LogP contribution in [0.4, 0.5) is 0 Å². The van der Waals surface area contributed by atoms with Crippen molar-refractivity contribution in [2.45, 2.75) is 26.3 Å². The van der Waals surface area contributed by atoms with Crippen LogP contribution in [0, 0.1) is 13.8 Å². The van der Waals surface area contributed by atoms with Gasteiger partial charge in [-0.2, -0.15) is 0 Å². The molecule has 1 atom stereocenters. The zero-order valence-electron chi connectivity index (χ0n) is 11.4. The minimum Gasteiger partial charge on any atom is -0.370 e. The molecule has 0 saturated heterocycles. The zero-order chi connectivity index (χ0) is 13.3. The lowest BCUT2D eigenvalue weighted by Gasteiger charge is -2.36. The highest BCUT2D eigenvalue weighted by Gasteiger charge is 2.38. The number of aryl methyl sites for hydroxylation is 2. The summed E-state index contributed by atoms with van der Waals surface area (Å²) < 4.78 is 0. The summed E-state index contributed by atoms with van der Waals surface area (Å²) in [5.41, 5.74) is 9.69. The molecular weight excluding hydrogens is 222 g/mol. The van der Waals surface area contributed by atoms with Crippen LogP contribution in [-0.2, 0) is 5.54 Å². The maximum atomic E-state index is 5.97. The molecule has 1 aromatic carbocycles. The molecule has 96 valence electrons. The number of benzene rings is 1. The number of guanidine groups is 1. The molecule has 0 amide bonds. The quantitative estimate of drug-likeness (QED) is 0.828. The average molecular weight is 243 g/mol. The van der Waals surface area contributed by atoms with Crippen molar-refractivity contribution in [3.8, 4) is 0 Å². The molecule has 0 spiro atoms. The predicted molar refractivity (Wildman–Crippen MR) is 76.7 cm³/mol. The topological polar surface area (TPSA) is 41.6 Å². The Labute approximate surface area is 109 Å². The molecule has 3 nitrogen and oxygen atoms in total. The average Bonchev–Trinajstić information content (AvgIpc) is 2.62. The smallest absolute Gasteiger partial charge is 0.192 e. The van der Waals surface area contributed by atoms with Crippen LogP contribution in [0.2, 0.25) is 0 Å². The van der Waals surface area contributed by atoms with E-state index in [-0.39, 0.29) is 5.54 Å². The van der Waals surface area contributed by atoms with Gasteiger partial charge >= 0.3 is 0 Å². The molecule has 0 radical (unpaired) electrons. The maximum Gasteiger partial charge on any atom is 0.192 e. The third-order valence-electron chi connectivity index (χ3n) is 3.86. The number of rotatable bonds is 3. The summed E-state index contributed by atoms with van der Waals surface area (Å²) in [5, 5.41) is 0. The van der Waals surface area contributed by atoms with E-state index in [2.05, 4.69) is 55.4 Å². The van der Waals surface area contributed by atoms with E-state index in [1.54, 1.807) is 0 Å². The van der Waals surface area contributed by atoms with Crippen LogP contribution in [0.5, 0.6) is 0 Å². The molecule has 1 aliphatic heterocycles. The largest absolute Gasteiger partial charge is 0.370 e. The molecule has 3 heteroatoms. The van der Waals surface area contributed by atoms with Crippen molar-refractivity contribution in [1.82, 2.24) is 4.90 Å². The molecule has 2 rings (SSSR count). The molecule has 1 heterocycles. The third kappa shape index (κ3) is 1.90. The minimum absolute atomic E-state index is 0.156. The molecule has 2 N–H and O–H groups in total. The summed E-state index contributed by atoms with van der Waals surface area (Å²) in [6.07, 6.45) is 1.87. The molecule has 1 unspecified atom stereocenters. The van der Waals surface area contributed by atoms with E-state index in [1.165, 1.54) is 16.7 Å². The fraction of sp³-hybridized carbons (Fsp3) is 0.400. The van der Waals surface area contributed by atoms with Crippen LogP contribution < -0.4 is 5.73 Å². The van der Waals surface area contributed by atoms with Crippen molar-refractivity contribution >= 4 is 5.96 Å². The molecule has 1 aromatic rings. The van der Waals surface area contributed by atoms with Gasteiger partial charge in [-0.05, 0) is 37.5 Å². The van der Waals surface area contributed by atoms with Gasteiger partial charge in [0, 0.05) is 6.54 Å². The molecule has 0 fully saturated rings. The Bertz CT molecular complexity index is 504. The van der Waals surface area contributed by atoms with Gasteiger partial charge in [-0.1, -0.05) is 24.3 Å². The Kier molecular flexibility index (Phi) is 3.16. The Morgan fingerprint density at radius 1 is 1.44 bits per heavy atom. The standard InChI is InChI=1S/C15H21N3/c1-5-8-18-14(16)17-10-15(18,4)13-7-6-11(2)12(3)9-13/h5-7,9H,1,8,10H2,2-4H3,(H2,16,17). The first-order chi connectivity index (χ1) is 8.49. The van der Waals surface area contributed by atoms with Gasteiger partial charge in [0.15, 0.2) is 5.96 Å². The van der Waals surface area contributed by atoms with Crippen LogP contribution in [0.15, 0.2) is 35.8 Å². The number of aliphatic imine (C=N–C) groups is 1. The Morgan fingerprint density at radius 2 is 2.17 bits per heavy atom. The molecule has 0 saturated carbocycles. The van der Waals surface area contributed by atoms with Crippen molar-refractivity contribution in [2.24, 2.45) is 10.7 Å². The van der Waals surface area contributed by atoms with E-state index < -0.39 is 0 Å². The minimum atomic E-state index is -0.156. The van der Waals surface area contributed by atoms with Crippen molar-refractivity contribution in [3.05, 3.63) is 47.5 Å². The normalized spacial score (nSPS) is 23.1. The Hall–Kier alpha value is -1.77. The first-order valence-electron chi connectivity index (χ1n) is 6.25. The van der Waals surface area contributed by atoms with E-state index in [1.807, 2.05) is 6.08 Å². The van der Waals surface area contributed by atoms with E-state index >= 15 is 0 Å². The molecule has 0 aliphatic carbocycles. The Balaban J connectivity index is 2.41. The van der Waals surface area contributed by atoms with Gasteiger partial charge in [0.05, 0.1) is 12.1 Å². The second kappa shape index (κ2) is 4.48. The lowest BCUT2D eigenvalue weighted by molar-refractivity contribution is 0.245. The monoisotopic (exact) mass is 243 g/mol. The number of hydrogen-bond donors (Lipinski definition) is 1. The van der Waals surface area contributed by atoms with E-state index in [9.17, 15) is 0 Å². The lowest BCUT2D eigenvalue weighted by Crippen LogP contribution is -2.47. The van der Waals surface area contributed by atoms with Crippen molar-refractivity contribution in [2.75, 3.05) is 13.1 Å². The number of nitrogens with zero attached hydrogens (tertiary/aromatic N) is 2. The van der Waals surface area contributed by atoms with Crippen molar-refractivity contribution < 1.29 is 0 Å². The lowest BCUT2D eigenvalue weighted by atomic mass is 9.89. The summed E-state index contributed by atoms with van der Waals surface area (Å²) in [5.74, 6) is 0.607. The van der Waals surface area contributed by atoms with Crippen LogP contribution in [0.3, 0.4) is 0 Å². The summed E-state index contributed by atoms with van der Waals surface area (Å²) >= 11 is 0. The van der Waals surface area contributed by atoms with Gasteiger partial charge in [-0.25, -0.2) is 0 Å². The van der Waals surface area contributed by atoms with E-state index in [0.29, 0.717) is 12.5 Å².